The summed E-state index contributed by atoms with van der Waals surface area (Å²) in [5, 5.41) is 3.18. The molecule has 0 bridgehead atoms. The van der Waals surface area contributed by atoms with Gasteiger partial charge in [-0.25, -0.2) is 4.98 Å². The molecule has 0 radical (unpaired) electrons. The van der Waals surface area contributed by atoms with Crippen LogP contribution in [-0.2, 0) is 6.54 Å². The van der Waals surface area contributed by atoms with Crippen molar-refractivity contribution < 1.29 is 0 Å². The second-order valence-electron chi connectivity index (χ2n) is 4.56. The maximum absolute atomic E-state index is 5.74. The molecule has 1 aromatic rings. The van der Waals surface area contributed by atoms with Crippen molar-refractivity contribution in [2.24, 2.45) is 10.7 Å². The standard InChI is InChI=1S/C12H21N5.HI/c1-10-14-7-9-17(10)8-3-2-6-15-12(13)16-11-4-5-11;/h7,9,11H,2-6,8H2,1H3,(H3,13,15,16);1H. The highest BCUT2D eigenvalue weighted by atomic mass is 127. The van der Waals surface area contributed by atoms with Crippen molar-refractivity contribution in [2.45, 2.75) is 45.2 Å². The van der Waals surface area contributed by atoms with E-state index in [9.17, 15) is 0 Å². The van der Waals surface area contributed by atoms with Gasteiger partial charge in [-0.05, 0) is 32.6 Å². The molecule has 1 saturated carbocycles. The summed E-state index contributed by atoms with van der Waals surface area (Å²) in [4.78, 5) is 8.49. The summed E-state index contributed by atoms with van der Waals surface area (Å²) in [6, 6.07) is 0.590. The minimum absolute atomic E-state index is 0. The van der Waals surface area contributed by atoms with Gasteiger partial charge in [0.2, 0.25) is 0 Å². The Morgan fingerprint density at radius 1 is 1.56 bits per heavy atom. The fourth-order valence-corrected chi connectivity index (χ4v) is 1.72. The Hall–Kier alpha value is -0.790. The monoisotopic (exact) mass is 363 g/mol. The molecule has 0 saturated heterocycles. The predicted molar refractivity (Wildman–Crippen MR) is 84.3 cm³/mol. The number of aromatic nitrogens is 2. The molecule has 1 fully saturated rings. The van der Waals surface area contributed by atoms with Crippen LogP contribution in [0.5, 0.6) is 0 Å². The summed E-state index contributed by atoms with van der Waals surface area (Å²) in [6.07, 6.45) is 8.49. The molecule has 0 spiro atoms. The number of guanidine groups is 1. The third-order valence-electron chi connectivity index (χ3n) is 2.94. The molecule has 0 amide bonds. The van der Waals surface area contributed by atoms with Crippen LogP contribution in [0.4, 0.5) is 0 Å². The van der Waals surface area contributed by atoms with E-state index >= 15 is 0 Å². The van der Waals surface area contributed by atoms with Gasteiger partial charge in [-0.1, -0.05) is 0 Å². The van der Waals surface area contributed by atoms with Crippen molar-refractivity contribution in [3.63, 3.8) is 0 Å². The number of halogens is 1. The van der Waals surface area contributed by atoms with E-state index in [1.807, 2.05) is 19.3 Å². The fourth-order valence-electron chi connectivity index (χ4n) is 1.72. The molecule has 0 aliphatic heterocycles. The lowest BCUT2D eigenvalue weighted by atomic mass is 10.3. The van der Waals surface area contributed by atoms with E-state index in [1.54, 1.807) is 0 Å². The number of hydrogen-bond acceptors (Lipinski definition) is 2. The zero-order valence-electron chi connectivity index (χ0n) is 10.8. The van der Waals surface area contributed by atoms with Crippen molar-refractivity contribution in [3.8, 4) is 0 Å². The minimum Gasteiger partial charge on any atom is -0.370 e. The minimum atomic E-state index is 0. The van der Waals surface area contributed by atoms with E-state index in [0.717, 1.165) is 31.8 Å². The van der Waals surface area contributed by atoms with Gasteiger partial charge in [-0.2, -0.15) is 0 Å². The van der Waals surface area contributed by atoms with Crippen LogP contribution in [0.2, 0.25) is 0 Å². The summed E-state index contributed by atoms with van der Waals surface area (Å²) in [6.45, 7) is 3.84. The highest BCUT2D eigenvalue weighted by Gasteiger charge is 2.21. The van der Waals surface area contributed by atoms with Gasteiger partial charge in [0.05, 0.1) is 0 Å². The van der Waals surface area contributed by atoms with E-state index in [-0.39, 0.29) is 24.0 Å². The number of hydrogen-bond donors (Lipinski definition) is 2. The molecule has 3 N–H and O–H groups in total. The Kier molecular flexibility index (Phi) is 6.45. The molecule has 0 aromatic carbocycles. The first kappa shape index (κ1) is 15.3. The van der Waals surface area contributed by atoms with Gasteiger partial charge in [0, 0.05) is 31.5 Å². The number of imidazole rings is 1. The largest absolute Gasteiger partial charge is 0.370 e. The maximum atomic E-state index is 5.74. The molecule has 2 rings (SSSR count). The van der Waals surface area contributed by atoms with Crippen LogP contribution in [-0.4, -0.2) is 28.1 Å². The normalized spacial score (nSPS) is 15.3. The van der Waals surface area contributed by atoms with E-state index in [2.05, 4.69) is 19.9 Å². The molecule has 102 valence electrons. The summed E-state index contributed by atoms with van der Waals surface area (Å²) < 4.78 is 2.16. The molecular weight excluding hydrogens is 341 g/mol. The molecule has 1 heterocycles. The molecule has 18 heavy (non-hydrogen) atoms. The zero-order valence-corrected chi connectivity index (χ0v) is 13.1. The molecule has 6 heteroatoms. The average Bonchev–Trinajstić information content (AvgIpc) is 3.01. The number of unbranched alkanes of at least 4 members (excludes halogenated alkanes) is 1. The molecule has 0 atom stereocenters. The van der Waals surface area contributed by atoms with Gasteiger partial charge in [0.15, 0.2) is 5.96 Å². The van der Waals surface area contributed by atoms with E-state index < -0.39 is 0 Å². The Bertz CT molecular complexity index is 384. The highest BCUT2D eigenvalue weighted by molar-refractivity contribution is 14.0. The van der Waals surface area contributed by atoms with Gasteiger partial charge in [-0.3, -0.25) is 4.99 Å². The molecular formula is C12H22IN5. The zero-order chi connectivity index (χ0) is 12.1. The number of nitrogens with two attached hydrogens (primary N) is 1. The second kappa shape index (κ2) is 7.60. The first-order valence-electron chi connectivity index (χ1n) is 6.30. The first-order chi connectivity index (χ1) is 8.25. The molecule has 1 aromatic heterocycles. The third kappa shape index (κ3) is 5.24. The van der Waals surface area contributed by atoms with Crippen LogP contribution in [0.25, 0.3) is 0 Å². The summed E-state index contributed by atoms with van der Waals surface area (Å²) in [7, 11) is 0. The summed E-state index contributed by atoms with van der Waals surface area (Å²) in [5.41, 5.74) is 5.74. The summed E-state index contributed by atoms with van der Waals surface area (Å²) in [5.74, 6) is 1.68. The number of nitrogens with zero attached hydrogens (tertiary/aromatic N) is 3. The summed E-state index contributed by atoms with van der Waals surface area (Å²) >= 11 is 0. The van der Waals surface area contributed by atoms with Gasteiger partial charge in [0.1, 0.15) is 5.82 Å². The van der Waals surface area contributed by atoms with Gasteiger partial charge in [-0.15, -0.1) is 24.0 Å². The SMILES string of the molecule is Cc1nccn1CCCCN=C(N)NC1CC1.I. The topological polar surface area (TPSA) is 68.2 Å². The van der Waals surface area contributed by atoms with Gasteiger partial charge >= 0.3 is 0 Å². The predicted octanol–water partition coefficient (Wildman–Crippen LogP) is 1.66. The quantitative estimate of drug-likeness (QED) is 0.350. The number of nitrogens with one attached hydrogen (secondary N) is 1. The van der Waals surface area contributed by atoms with Gasteiger partial charge < -0.3 is 15.6 Å². The van der Waals surface area contributed by atoms with Crippen molar-refractivity contribution in [2.75, 3.05) is 6.54 Å². The van der Waals surface area contributed by atoms with Crippen LogP contribution in [0, 0.1) is 6.92 Å². The number of rotatable bonds is 6. The fraction of sp³-hybridized carbons (Fsp3) is 0.667. The van der Waals surface area contributed by atoms with Crippen molar-refractivity contribution in [3.05, 3.63) is 18.2 Å². The van der Waals surface area contributed by atoms with Crippen LogP contribution < -0.4 is 11.1 Å². The van der Waals surface area contributed by atoms with Crippen molar-refractivity contribution in [1.82, 2.24) is 14.9 Å². The number of aryl methyl sites for hydroxylation is 2. The second-order valence-corrected chi connectivity index (χ2v) is 4.56. The van der Waals surface area contributed by atoms with E-state index in [0.29, 0.717) is 12.0 Å². The molecule has 1 aliphatic rings. The molecule has 0 unspecified atom stereocenters. The molecule has 5 nitrogen and oxygen atoms in total. The smallest absolute Gasteiger partial charge is 0.188 e. The van der Waals surface area contributed by atoms with Crippen LogP contribution in [0.1, 0.15) is 31.5 Å². The molecule has 1 aliphatic carbocycles. The van der Waals surface area contributed by atoms with Crippen LogP contribution in [0.3, 0.4) is 0 Å². The van der Waals surface area contributed by atoms with Crippen LogP contribution in [0.15, 0.2) is 17.4 Å². The van der Waals surface area contributed by atoms with Gasteiger partial charge in [0.25, 0.3) is 0 Å². The van der Waals surface area contributed by atoms with Crippen LogP contribution >= 0.6 is 24.0 Å². The Morgan fingerprint density at radius 3 is 2.94 bits per heavy atom. The Morgan fingerprint density at radius 2 is 2.33 bits per heavy atom. The Labute approximate surface area is 125 Å². The van der Waals surface area contributed by atoms with E-state index in [1.165, 1.54) is 12.8 Å². The third-order valence-corrected chi connectivity index (χ3v) is 2.94. The Balaban J connectivity index is 0.00000162. The number of aliphatic imine (C=N–C) groups is 1. The lowest BCUT2D eigenvalue weighted by Gasteiger charge is -2.05. The lowest BCUT2D eigenvalue weighted by Crippen LogP contribution is -2.33. The highest BCUT2D eigenvalue weighted by Crippen LogP contribution is 2.17. The maximum Gasteiger partial charge on any atom is 0.188 e. The van der Waals surface area contributed by atoms with Crippen molar-refractivity contribution in [1.29, 1.82) is 0 Å². The van der Waals surface area contributed by atoms with Crippen molar-refractivity contribution >= 4 is 29.9 Å². The van der Waals surface area contributed by atoms with E-state index in [4.69, 9.17) is 5.73 Å². The lowest BCUT2D eigenvalue weighted by molar-refractivity contribution is 0.601. The first-order valence-corrected chi connectivity index (χ1v) is 6.30. The average molecular weight is 363 g/mol.